The van der Waals surface area contributed by atoms with E-state index in [1.54, 1.807) is 0 Å². The van der Waals surface area contributed by atoms with Crippen molar-refractivity contribution in [2.24, 2.45) is 0 Å². The Morgan fingerprint density at radius 2 is 1.56 bits per heavy atom. The van der Waals surface area contributed by atoms with Crippen LogP contribution in [0.5, 0.6) is 0 Å². The fourth-order valence-electron chi connectivity index (χ4n) is 0.0808. The van der Waals surface area contributed by atoms with Crippen molar-refractivity contribution in [3.8, 4) is 0 Å². The van der Waals surface area contributed by atoms with Crippen LogP contribution in [-0.2, 0) is 4.79 Å². The highest BCUT2D eigenvalue weighted by molar-refractivity contribution is 5.84. The van der Waals surface area contributed by atoms with E-state index in [2.05, 4.69) is 0 Å². The normalized spacial score (nSPS) is 7.44. The van der Waals surface area contributed by atoms with Crippen molar-refractivity contribution in [2.75, 3.05) is 0 Å². The van der Waals surface area contributed by atoms with Gasteiger partial charge in [-0.3, -0.25) is 4.70 Å². The van der Waals surface area contributed by atoms with Gasteiger partial charge in [0, 0.05) is 0 Å². The Labute approximate surface area is 47.0 Å². The number of carboxylic acid groups (broad SMARTS) is 1. The maximum Gasteiger partial charge on any atom is 0.370 e. The van der Waals surface area contributed by atoms with Crippen molar-refractivity contribution in [1.82, 2.24) is 0 Å². The Balaban J connectivity index is 0. The number of carbonyl (C=O) groups is 1. The van der Waals surface area contributed by atoms with Crippen molar-refractivity contribution in [2.45, 2.75) is 0 Å². The van der Waals surface area contributed by atoms with Crippen LogP contribution in [0.2, 0.25) is 0 Å². The monoisotopic (exact) mass is 146 g/mol. The Morgan fingerprint density at radius 1 is 1.22 bits per heavy atom. The molecular formula is C3H2F4O2. The predicted octanol–water partition coefficient (Wildman–Crippen LogP) is 1.30. The highest BCUT2D eigenvalue weighted by atomic mass is 19.3. The largest absolute Gasteiger partial charge is 0.476 e. The van der Waals surface area contributed by atoms with Gasteiger partial charge in [0.2, 0.25) is 0 Å². The quantitative estimate of drug-likeness (QED) is 0.447. The van der Waals surface area contributed by atoms with E-state index in [0.717, 1.165) is 0 Å². The van der Waals surface area contributed by atoms with E-state index in [0.29, 0.717) is 0 Å². The molecule has 9 heavy (non-hydrogen) atoms. The van der Waals surface area contributed by atoms with Crippen molar-refractivity contribution in [1.29, 1.82) is 0 Å². The van der Waals surface area contributed by atoms with Crippen LogP contribution in [0.1, 0.15) is 0 Å². The van der Waals surface area contributed by atoms with Crippen LogP contribution >= 0.6 is 0 Å². The molecule has 0 aromatic heterocycles. The molecule has 2 nitrogen and oxygen atoms in total. The Morgan fingerprint density at radius 3 is 1.56 bits per heavy atom. The van der Waals surface area contributed by atoms with Crippen LogP contribution in [0, 0.1) is 0 Å². The first-order chi connectivity index (χ1) is 3.55. The fraction of sp³-hybridized carbons (Fsp3) is 0. The van der Waals surface area contributed by atoms with E-state index in [1.807, 2.05) is 0 Å². The Hall–Kier alpha value is -1.07. The lowest BCUT2D eigenvalue weighted by Gasteiger charge is -1.81. The molecule has 0 heterocycles. The van der Waals surface area contributed by atoms with E-state index in [1.165, 1.54) is 0 Å². The molecular weight excluding hydrogens is 144 g/mol. The lowest BCUT2D eigenvalue weighted by atomic mass is 10.6. The third-order valence-corrected chi connectivity index (χ3v) is 0.354. The molecule has 0 aromatic rings. The second kappa shape index (κ2) is 3.88. The van der Waals surface area contributed by atoms with Gasteiger partial charge < -0.3 is 5.11 Å². The average molecular weight is 146 g/mol. The smallest absolute Gasteiger partial charge is 0.370 e. The number of hydrogen-bond acceptors (Lipinski definition) is 1. The lowest BCUT2D eigenvalue weighted by molar-refractivity contribution is -0.134. The first-order valence-electron chi connectivity index (χ1n) is 1.49. The maximum atomic E-state index is 11.2. The summed E-state index contributed by atoms with van der Waals surface area (Å²) in [6.45, 7) is 0. The molecule has 0 unspecified atom stereocenters. The van der Waals surface area contributed by atoms with Gasteiger partial charge in [0.1, 0.15) is 0 Å². The van der Waals surface area contributed by atoms with Gasteiger partial charge in [-0.15, -0.1) is 0 Å². The molecule has 0 aliphatic rings. The van der Waals surface area contributed by atoms with Gasteiger partial charge in [0.05, 0.1) is 0 Å². The standard InChI is InChI=1S/C3HF3O2.FH/c4-1(2(5)6)3(7)8;/h(H,7,8);1H. The molecule has 0 bridgehead atoms. The summed E-state index contributed by atoms with van der Waals surface area (Å²) < 4.78 is 32.8. The molecule has 0 aliphatic carbocycles. The summed E-state index contributed by atoms with van der Waals surface area (Å²) in [5, 5.41) is 7.44. The topological polar surface area (TPSA) is 37.3 Å². The minimum Gasteiger partial charge on any atom is -0.476 e. The van der Waals surface area contributed by atoms with Gasteiger partial charge in [-0.2, -0.15) is 13.2 Å². The van der Waals surface area contributed by atoms with Crippen molar-refractivity contribution in [3.05, 3.63) is 11.9 Å². The lowest BCUT2D eigenvalue weighted by Crippen LogP contribution is -1.94. The zero-order chi connectivity index (χ0) is 6.73. The minimum atomic E-state index is -2.81. The Kier molecular flexibility index (Phi) is 4.66. The molecule has 0 fully saturated rings. The van der Waals surface area contributed by atoms with Crippen molar-refractivity contribution >= 4 is 5.97 Å². The first kappa shape index (κ1) is 10.8. The Bertz CT molecular complexity index is 137. The van der Waals surface area contributed by atoms with Crippen LogP contribution in [0.4, 0.5) is 17.9 Å². The maximum absolute atomic E-state index is 11.2. The van der Waals surface area contributed by atoms with Crippen LogP contribution in [-0.4, -0.2) is 11.1 Å². The number of rotatable bonds is 1. The van der Waals surface area contributed by atoms with Gasteiger partial charge in [-0.25, -0.2) is 4.79 Å². The van der Waals surface area contributed by atoms with Crippen LogP contribution in [0.3, 0.4) is 0 Å². The third-order valence-electron chi connectivity index (χ3n) is 0.354. The van der Waals surface area contributed by atoms with E-state index in [4.69, 9.17) is 5.11 Å². The number of halogens is 4. The van der Waals surface area contributed by atoms with E-state index >= 15 is 0 Å². The van der Waals surface area contributed by atoms with Gasteiger partial charge in [-0.05, 0) is 0 Å². The molecule has 0 amide bonds. The van der Waals surface area contributed by atoms with Crippen molar-refractivity contribution < 1.29 is 27.8 Å². The fourth-order valence-corrected chi connectivity index (χ4v) is 0.0808. The first-order valence-corrected chi connectivity index (χ1v) is 1.49. The summed E-state index contributed by atoms with van der Waals surface area (Å²) in [4.78, 5) is 9.23. The van der Waals surface area contributed by atoms with Gasteiger partial charge in [0.25, 0.3) is 5.83 Å². The molecule has 1 N–H and O–H groups in total. The van der Waals surface area contributed by atoms with Crippen LogP contribution < -0.4 is 0 Å². The zero-order valence-electron chi connectivity index (χ0n) is 3.90. The van der Waals surface area contributed by atoms with Crippen LogP contribution in [0.15, 0.2) is 11.9 Å². The third kappa shape index (κ3) is 3.51. The highest BCUT2D eigenvalue weighted by Gasteiger charge is 2.12. The van der Waals surface area contributed by atoms with Crippen molar-refractivity contribution in [3.63, 3.8) is 0 Å². The molecule has 0 atom stereocenters. The van der Waals surface area contributed by atoms with E-state index < -0.39 is 17.9 Å². The van der Waals surface area contributed by atoms with Gasteiger partial charge >= 0.3 is 12.0 Å². The molecule has 0 saturated heterocycles. The molecule has 0 radical (unpaired) electrons. The van der Waals surface area contributed by atoms with Crippen LogP contribution in [0.25, 0.3) is 0 Å². The molecule has 0 aliphatic heterocycles. The van der Waals surface area contributed by atoms with E-state index in [9.17, 15) is 18.0 Å². The summed E-state index contributed by atoms with van der Waals surface area (Å²) in [5.74, 6) is -4.64. The molecule has 0 spiro atoms. The molecule has 54 valence electrons. The number of hydrogen-bond donors (Lipinski definition) is 1. The SMILES string of the molecule is F.O=C(O)C(F)=C(F)F. The number of carboxylic acids is 1. The predicted molar refractivity (Wildman–Crippen MR) is 20.5 cm³/mol. The highest BCUT2D eigenvalue weighted by Crippen LogP contribution is 2.07. The summed E-state index contributed by atoms with van der Waals surface area (Å²) in [5.41, 5.74) is 0. The molecule has 0 aromatic carbocycles. The average Bonchev–Trinajstić information content (AvgIpc) is 1.64. The molecule has 0 rings (SSSR count). The summed E-state index contributed by atoms with van der Waals surface area (Å²) in [7, 11) is 0. The molecule has 0 saturated carbocycles. The minimum absolute atomic E-state index is 0. The number of aliphatic carboxylic acids is 1. The summed E-state index contributed by atoms with van der Waals surface area (Å²) in [6, 6.07) is 0. The zero-order valence-corrected chi connectivity index (χ0v) is 3.90. The van der Waals surface area contributed by atoms with Gasteiger partial charge in [0.15, 0.2) is 0 Å². The second-order valence-electron chi connectivity index (χ2n) is 0.880. The second-order valence-corrected chi connectivity index (χ2v) is 0.880. The van der Waals surface area contributed by atoms with Gasteiger partial charge in [-0.1, -0.05) is 0 Å². The summed E-state index contributed by atoms with van der Waals surface area (Å²) in [6.07, 6.45) is -2.81. The van der Waals surface area contributed by atoms with E-state index in [-0.39, 0.29) is 4.70 Å². The summed E-state index contributed by atoms with van der Waals surface area (Å²) >= 11 is 0. The molecule has 6 heteroatoms.